The fourth-order valence-corrected chi connectivity index (χ4v) is 17.2. The number of aromatic nitrogens is 7. The van der Waals surface area contributed by atoms with Gasteiger partial charge in [-0.1, -0.05) is 227 Å². The van der Waals surface area contributed by atoms with Crippen LogP contribution in [0.5, 0.6) is 46.0 Å². The van der Waals surface area contributed by atoms with Crippen molar-refractivity contribution in [3.8, 4) is 57.4 Å². The fourth-order valence-electron chi connectivity index (χ4n) is 16.0. The third-order valence-corrected chi connectivity index (χ3v) is 25.4. The molecule has 784 valence electrons. The molecule has 1 aliphatic heterocycles. The summed E-state index contributed by atoms with van der Waals surface area (Å²) in [7, 11) is 1.38. The van der Waals surface area contributed by atoms with E-state index in [2.05, 4.69) is 66.1 Å². The maximum Gasteiger partial charge on any atom is 0.434 e. The second-order valence-electron chi connectivity index (χ2n) is 35.5. The number of carbonyl (C=O) groups excluding carboxylic acids is 7. The number of anilines is 4. The summed E-state index contributed by atoms with van der Waals surface area (Å²) in [5.41, 5.74) is 7.16. The third kappa shape index (κ3) is 34.5. The van der Waals surface area contributed by atoms with Crippen molar-refractivity contribution in [3.05, 3.63) is 262 Å². The number of carbonyl (C=O) groups is 8. The van der Waals surface area contributed by atoms with Gasteiger partial charge in [-0.25, -0.2) is 29.4 Å². The Kier molecular flexibility index (Phi) is 44.6. The number of aromatic carboxylic acids is 1. The van der Waals surface area contributed by atoms with Crippen molar-refractivity contribution >= 4 is 126 Å². The van der Waals surface area contributed by atoms with Gasteiger partial charge in [-0.3, -0.25) is 58.4 Å². The van der Waals surface area contributed by atoms with Gasteiger partial charge in [0.05, 0.1) is 65.0 Å². The topological polar surface area (TPSA) is 456 Å². The predicted molar refractivity (Wildman–Crippen MR) is 571 cm³/mol. The number of benzene rings is 10. The molecule has 13 aromatic rings. The number of carboxylic acids is 1. The number of nitro benzene ring substituents is 1. The number of ether oxygens (including phenoxy) is 5. The minimum Gasteiger partial charge on any atom is -0.506 e. The number of nitrogens with one attached hydrogen (secondary N) is 5. The highest BCUT2D eigenvalue weighted by molar-refractivity contribution is 7.82. The van der Waals surface area contributed by atoms with Crippen LogP contribution < -0.4 is 51.7 Å². The average Bonchev–Trinajstić information content (AvgIpc) is 1.10. The normalized spacial score (nSPS) is 11.9. The summed E-state index contributed by atoms with van der Waals surface area (Å²) in [6, 6.07) is 58.6. The lowest BCUT2D eigenvalue weighted by Crippen LogP contribution is -2.54. The number of amides is 6. The van der Waals surface area contributed by atoms with Gasteiger partial charge in [-0.2, -0.15) is 28.5 Å². The maximum absolute atomic E-state index is 13.6. The SMILES string of the molecule is CCCCCCCCCCCCN(C(=O)Oc1ccc([N+](=O)[O-])cc1)c1cccc2c(O)c(C(=O)Nc3ccccc3OCC)ccc12.CCCCCCCCOc1ccc(C)cc1OS(=O)Nc1cc(NS(=O)Oc2cc(C)ccc2OCCCCCCCC)cc(-c2nc3cc(C(=O)N(C)C(C)=O)[nH]n3n2)c1.Cc1cccc(C(=O)CC(=O)N2CCCCN2C(=O)Oc2ccccc2)c1.O=C(O)c1ccc2n[nH]nc2c1. The molecule has 0 spiro atoms. The second kappa shape index (κ2) is 58.5. The maximum atomic E-state index is 13.6. The van der Waals surface area contributed by atoms with Crippen LogP contribution in [0.15, 0.2) is 212 Å². The summed E-state index contributed by atoms with van der Waals surface area (Å²) in [5, 5.41) is 54.8. The minimum absolute atomic E-state index is 0.0700. The van der Waals surface area contributed by atoms with E-state index in [9.17, 15) is 62.0 Å². The van der Waals surface area contributed by atoms with Crippen molar-refractivity contribution in [3.63, 3.8) is 0 Å². The van der Waals surface area contributed by atoms with E-state index in [4.69, 9.17) is 37.2 Å². The summed E-state index contributed by atoms with van der Waals surface area (Å²) in [6.45, 7) is 18.0. The number of aromatic amines is 2. The number of non-ortho nitro benzene ring substituents is 1. The lowest BCUT2D eigenvalue weighted by molar-refractivity contribution is -0.384. The number of fused-ring (bicyclic) bond motifs is 3. The monoisotopic (exact) mass is 2060 g/mol. The number of hydrogen-bond donors (Lipinski definition) is 7. The van der Waals surface area contributed by atoms with Crippen molar-refractivity contribution in [1.82, 2.24) is 50.1 Å². The van der Waals surface area contributed by atoms with E-state index in [-0.39, 0.29) is 52.0 Å². The van der Waals surface area contributed by atoms with Crippen molar-refractivity contribution in [2.24, 2.45) is 0 Å². The number of ketones is 1. The van der Waals surface area contributed by atoms with Crippen LogP contribution in [-0.2, 0) is 32.1 Å². The summed E-state index contributed by atoms with van der Waals surface area (Å²) < 4.78 is 74.8. The number of aryl methyl sites for hydroxylation is 3. The molecule has 1 fully saturated rings. The fraction of sp³-hybridized carbons (Fsp3) is 0.364. The number of rotatable bonds is 49. The molecule has 1 aliphatic rings. The standard InChI is InChI=1S/C44H59N7O8S2.C38H45N3O7.C21H22N2O4.C7H5N3O2/c1-7-9-11-13-15-17-23-56-38-21-19-31(3)25-40(38)58-60(54)48-35-27-34(43-45-42-30-37(46-51(42)47-43)44(53)50(6)33(5)52)28-36(29-35)49-61(55)59-41-26-32(4)20-22-39(41)57-24-18-16-14-12-10-8-2;1-3-5-6-7-8-9-10-11-12-15-27-40(38(44)48-29-23-21-28(22-24-29)41(45)46)34-19-16-17-31-30(34)25-26-32(36(31)42)37(43)39-33-18-13-14-20-35(33)47-4-2;1-16-8-7-9-17(14-16)19(24)15-20(25)22-12-5-6-13-23(22)21(26)27-18-10-3-2-4-11-18;11-7(12)4-1-2-5-6(3-4)9-10-8-5/h19-22,25-30,46,48-49H,7-18,23-24H2,1-6H3;13-14,16-26,42H,3-12,15,27H2,1-2H3,(H,39,43);2-4,7-11,14H,5-6,12-13,15H2,1H3;1-3H,(H,11,12)(H,8,9,10). The van der Waals surface area contributed by atoms with E-state index in [1.165, 1.54) is 159 Å². The highest BCUT2D eigenvalue weighted by atomic mass is 32.2. The molecular formula is C110H131N15O21S2. The van der Waals surface area contributed by atoms with E-state index in [1.807, 2.05) is 58.0 Å². The highest BCUT2D eigenvalue weighted by Crippen LogP contribution is 2.39. The summed E-state index contributed by atoms with van der Waals surface area (Å²) >= 11 is -4.22. The summed E-state index contributed by atoms with van der Waals surface area (Å²) in [6.07, 6.45) is 24.9. The number of phenolic OH excluding ortho intramolecular Hbond substituents is 1. The molecule has 14 rings (SSSR count). The molecule has 10 aromatic carbocycles. The Morgan fingerprint density at radius 1 is 0.527 bits per heavy atom. The Balaban J connectivity index is 0.000000210. The van der Waals surface area contributed by atoms with Crippen molar-refractivity contribution in [1.29, 1.82) is 0 Å². The molecule has 36 nitrogen and oxygen atoms in total. The molecule has 1 saturated heterocycles. The lowest BCUT2D eigenvalue weighted by Gasteiger charge is -2.37. The number of imide groups is 1. The van der Waals surface area contributed by atoms with Crippen molar-refractivity contribution < 1.29 is 94.0 Å². The van der Waals surface area contributed by atoms with E-state index in [0.29, 0.717) is 135 Å². The van der Waals surface area contributed by atoms with Crippen LogP contribution in [0.25, 0.3) is 38.8 Å². The first-order valence-electron chi connectivity index (χ1n) is 50.2. The molecule has 0 saturated carbocycles. The first-order valence-corrected chi connectivity index (χ1v) is 52.3. The molecule has 6 amide bonds. The molecule has 0 bridgehead atoms. The van der Waals surface area contributed by atoms with E-state index in [1.54, 1.807) is 133 Å². The van der Waals surface area contributed by atoms with Gasteiger partial charge in [-0.05, 0) is 186 Å². The molecule has 3 aromatic heterocycles. The first kappa shape index (κ1) is 113. The van der Waals surface area contributed by atoms with Gasteiger partial charge in [0, 0.05) is 73.7 Å². The van der Waals surface area contributed by atoms with Crippen LogP contribution >= 0.6 is 0 Å². The Hall–Kier alpha value is -15.6. The van der Waals surface area contributed by atoms with Gasteiger partial charge in [0.25, 0.3) is 17.5 Å². The average molecular weight is 2060 g/mol. The molecule has 2 atom stereocenters. The van der Waals surface area contributed by atoms with E-state index >= 15 is 0 Å². The quantitative estimate of drug-likeness (QED) is 0.00612. The Labute approximate surface area is 866 Å². The first-order chi connectivity index (χ1) is 71.6. The third-order valence-electron chi connectivity index (χ3n) is 23.9. The lowest BCUT2D eigenvalue weighted by atomic mass is 10.0. The number of nitro groups is 1. The Morgan fingerprint density at radius 2 is 1.09 bits per heavy atom. The zero-order valence-electron chi connectivity index (χ0n) is 85.1. The Morgan fingerprint density at radius 3 is 1.67 bits per heavy atom. The zero-order valence-corrected chi connectivity index (χ0v) is 86.7. The van der Waals surface area contributed by atoms with Crippen LogP contribution in [0, 0.1) is 30.9 Å². The highest BCUT2D eigenvalue weighted by Gasteiger charge is 2.33. The van der Waals surface area contributed by atoms with E-state index in [0.717, 1.165) is 98.6 Å². The molecular weight excluding hydrogens is 1930 g/mol. The number of carboxylic acid groups (broad SMARTS) is 1. The smallest absolute Gasteiger partial charge is 0.434 e. The second-order valence-corrected chi connectivity index (χ2v) is 37.2. The number of hydrazine groups is 1. The minimum atomic E-state index is -2.11. The molecule has 148 heavy (non-hydrogen) atoms. The summed E-state index contributed by atoms with van der Waals surface area (Å²) in [4.78, 5) is 117. The molecule has 2 unspecified atom stereocenters. The number of hydrogen-bond acceptors (Lipinski definition) is 24. The van der Waals surface area contributed by atoms with Gasteiger partial charge >= 0.3 is 40.7 Å². The number of para-hydroxylation sites is 3. The van der Waals surface area contributed by atoms with Crippen LogP contribution in [0.1, 0.15) is 253 Å². The molecule has 0 aliphatic carbocycles. The zero-order chi connectivity index (χ0) is 106. The van der Waals surface area contributed by atoms with Crippen LogP contribution in [0.3, 0.4) is 0 Å². The van der Waals surface area contributed by atoms with Gasteiger partial charge in [-0.15, -0.1) is 5.10 Å². The van der Waals surface area contributed by atoms with Crippen molar-refractivity contribution in [2.45, 2.75) is 216 Å². The molecule has 4 heterocycles. The van der Waals surface area contributed by atoms with Crippen LogP contribution in [0.4, 0.5) is 38.0 Å². The largest absolute Gasteiger partial charge is 0.506 e. The Bertz CT molecular complexity index is 6550. The molecule has 7 N–H and O–H groups in total. The number of nitrogens with zero attached hydrogens (tertiary/aromatic N) is 10. The van der Waals surface area contributed by atoms with Gasteiger partial charge < -0.3 is 47.6 Å². The van der Waals surface area contributed by atoms with Crippen molar-refractivity contribution in [2.75, 3.05) is 66.2 Å². The number of phenols is 1. The van der Waals surface area contributed by atoms with Crippen LogP contribution in [0.2, 0.25) is 0 Å². The number of Topliss-reactive ketones (excluding diaryl/α,β-unsaturated/α-hetero) is 1. The predicted octanol–water partition coefficient (Wildman–Crippen LogP) is 23.9. The van der Waals surface area contributed by atoms with Gasteiger partial charge in [0.15, 0.2) is 40.3 Å². The number of H-pyrrole nitrogens is 2. The van der Waals surface area contributed by atoms with E-state index < -0.39 is 69.2 Å². The number of unbranched alkanes of at least 4 members (excludes halogenated alkanes) is 19. The van der Waals surface area contributed by atoms with Gasteiger partial charge in [0.2, 0.25) is 11.8 Å². The van der Waals surface area contributed by atoms with Crippen LogP contribution in [-0.4, -0.2) is 168 Å². The number of aromatic hydroxyl groups is 1. The summed E-state index contributed by atoms with van der Waals surface area (Å²) in [5.74, 6) is -0.374. The van der Waals surface area contributed by atoms with Gasteiger partial charge in [0.1, 0.15) is 39.7 Å². The molecule has 38 heteroatoms. The molecule has 0 radical (unpaired) electrons.